The minimum absolute atomic E-state index is 0.111. The quantitative estimate of drug-likeness (QED) is 0.413. The van der Waals surface area contributed by atoms with E-state index in [1.54, 1.807) is 6.33 Å². The number of fused-ring (bicyclic) bond motifs is 1. The first kappa shape index (κ1) is 18.0. The number of hydrogen-bond acceptors (Lipinski definition) is 7. The SMILES string of the molecule is Cc1ccc(-c2csc3ncn(Cc4nc(-c5cccs5)no4)c(=O)c23)cc1C. The summed E-state index contributed by atoms with van der Waals surface area (Å²) in [5.41, 5.74) is 4.23. The second kappa shape index (κ2) is 7.06. The molecular formula is C21H16N4O2S2. The number of hydrogen-bond donors (Lipinski definition) is 0. The Labute approximate surface area is 174 Å². The largest absolute Gasteiger partial charge is 0.337 e. The van der Waals surface area contributed by atoms with E-state index in [0.717, 1.165) is 20.8 Å². The van der Waals surface area contributed by atoms with E-state index in [0.29, 0.717) is 17.1 Å². The van der Waals surface area contributed by atoms with Gasteiger partial charge in [-0.15, -0.1) is 22.7 Å². The number of thiophene rings is 2. The van der Waals surface area contributed by atoms with Crippen LogP contribution in [0.4, 0.5) is 0 Å². The second-order valence-electron chi connectivity index (χ2n) is 6.80. The van der Waals surface area contributed by atoms with E-state index >= 15 is 0 Å². The molecule has 0 unspecified atom stereocenters. The fraction of sp³-hybridized carbons (Fsp3) is 0.143. The molecule has 0 saturated heterocycles. The van der Waals surface area contributed by atoms with E-state index in [1.165, 1.54) is 38.4 Å². The van der Waals surface area contributed by atoms with Crippen LogP contribution in [0.25, 0.3) is 32.0 Å². The van der Waals surface area contributed by atoms with Gasteiger partial charge in [0.05, 0.1) is 16.6 Å². The summed E-state index contributed by atoms with van der Waals surface area (Å²) < 4.78 is 6.86. The van der Waals surface area contributed by atoms with Crippen molar-refractivity contribution in [2.24, 2.45) is 0 Å². The van der Waals surface area contributed by atoms with Gasteiger partial charge in [0.2, 0.25) is 11.7 Å². The minimum atomic E-state index is -0.111. The van der Waals surface area contributed by atoms with Gasteiger partial charge in [-0.05, 0) is 42.0 Å². The molecule has 0 bridgehead atoms. The summed E-state index contributed by atoms with van der Waals surface area (Å²) >= 11 is 3.01. The van der Waals surface area contributed by atoms with Crippen molar-refractivity contribution in [3.05, 3.63) is 74.8 Å². The maximum atomic E-state index is 13.2. The molecule has 0 saturated carbocycles. The standard InChI is InChI=1S/C21H16N4O2S2/c1-12-5-6-14(8-13(12)2)15-10-29-20-18(15)21(26)25(11-22-20)9-17-23-19(24-27-17)16-4-3-7-28-16/h3-8,10-11H,9H2,1-2H3. The summed E-state index contributed by atoms with van der Waals surface area (Å²) in [5, 5.41) is 8.59. The first-order chi connectivity index (χ1) is 14.1. The fourth-order valence-electron chi connectivity index (χ4n) is 3.17. The van der Waals surface area contributed by atoms with Gasteiger partial charge in [0.1, 0.15) is 11.4 Å². The maximum absolute atomic E-state index is 13.2. The molecule has 0 N–H and O–H groups in total. The molecule has 0 amide bonds. The molecule has 0 atom stereocenters. The molecule has 0 spiro atoms. The second-order valence-corrected chi connectivity index (χ2v) is 8.60. The average molecular weight is 421 g/mol. The lowest BCUT2D eigenvalue weighted by molar-refractivity contribution is 0.370. The number of nitrogens with zero attached hydrogens (tertiary/aromatic N) is 4. The van der Waals surface area contributed by atoms with E-state index in [-0.39, 0.29) is 12.1 Å². The molecule has 29 heavy (non-hydrogen) atoms. The Morgan fingerprint density at radius 3 is 2.83 bits per heavy atom. The molecule has 4 aromatic heterocycles. The van der Waals surface area contributed by atoms with Gasteiger partial charge in [0, 0.05) is 10.9 Å². The first-order valence-corrected chi connectivity index (χ1v) is 10.8. The van der Waals surface area contributed by atoms with Crippen LogP contribution in [0.2, 0.25) is 0 Å². The van der Waals surface area contributed by atoms with Crippen molar-refractivity contribution in [2.75, 3.05) is 0 Å². The average Bonchev–Trinajstić information content (AvgIpc) is 3.46. The van der Waals surface area contributed by atoms with Crippen molar-refractivity contribution in [2.45, 2.75) is 20.4 Å². The summed E-state index contributed by atoms with van der Waals surface area (Å²) in [5.74, 6) is 0.906. The molecule has 0 radical (unpaired) electrons. The molecular weight excluding hydrogens is 404 g/mol. The lowest BCUT2D eigenvalue weighted by Crippen LogP contribution is -2.21. The highest BCUT2D eigenvalue weighted by Gasteiger charge is 2.16. The van der Waals surface area contributed by atoms with Crippen LogP contribution in [-0.4, -0.2) is 19.7 Å². The van der Waals surface area contributed by atoms with E-state index in [1.807, 2.05) is 29.0 Å². The van der Waals surface area contributed by atoms with Crippen LogP contribution in [0.15, 0.2) is 56.7 Å². The van der Waals surface area contributed by atoms with Crippen molar-refractivity contribution in [3.63, 3.8) is 0 Å². The minimum Gasteiger partial charge on any atom is -0.337 e. The highest BCUT2D eigenvalue weighted by Crippen LogP contribution is 2.31. The van der Waals surface area contributed by atoms with E-state index in [2.05, 4.69) is 41.1 Å². The summed E-state index contributed by atoms with van der Waals surface area (Å²) in [6, 6.07) is 10.1. The maximum Gasteiger partial charge on any atom is 0.263 e. The lowest BCUT2D eigenvalue weighted by Gasteiger charge is -2.06. The predicted octanol–water partition coefficient (Wildman–Crippen LogP) is 4.90. The molecule has 0 fully saturated rings. The first-order valence-electron chi connectivity index (χ1n) is 9.01. The highest BCUT2D eigenvalue weighted by molar-refractivity contribution is 7.17. The highest BCUT2D eigenvalue weighted by atomic mass is 32.1. The molecule has 144 valence electrons. The summed E-state index contributed by atoms with van der Waals surface area (Å²) in [7, 11) is 0. The Morgan fingerprint density at radius 1 is 1.14 bits per heavy atom. The molecule has 0 aliphatic carbocycles. The van der Waals surface area contributed by atoms with Crippen LogP contribution in [0.1, 0.15) is 17.0 Å². The third-order valence-electron chi connectivity index (χ3n) is 4.89. The molecule has 5 rings (SSSR count). The van der Waals surface area contributed by atoms with Crippen molar-refractivity contribution >= 4 is 32.9 Å². The Morgan fingerprint density at radius 2 is 2.03 bits per heavy atom. The van der Waals surface area contributed by atoms with Crippen molar-refractivity contribution in [1.82, 2.24) is 19.7 Å². The van der Waals surface area contributed by atoms with Gasteiger partial charge in [0.25, 0.3) is 5.56 Å². The summed E-state index contributed by atoms with van der Waals surface area (Å²) in [4.78, 5) is 23.8. The summed E-state index contributed by atoms with van der Waals surface area (Å²) in [6.07, 6.45) is 1.54. The molecule has 8 heteroatoms. The van der Waals surface area contributed by atoms with Gasteiger partial charge < -0.3 is 4.52 Å². The van der Waals surface area contributed by atoms with Gasteiger partial charge >= 0.3 is 0 Å². The Bertz CT molecular complexity index is 1380. The predicted molar refractivity (Wildman–Crippen MR) is 116 cm³/mol. The Kier molecular flexibility index (Phi) is 4.37. The zero-order valence-electron chi connectivity index (χ0n) is 15.7. The van der Waals surface area contributed by atoms with Crippen molar-refractivity contribution < 1.29 is 4.52 Å². The van der Waals surface area contributed by atoms with Gasteiger partial charge in [-0.3, -0.25) is 9.36 Å². The lowest BCUT2D eigenvalue weighted by atomic mass is 10.0. The topological polar surface area (TPSA) is 73.8 Å². The van der Waals surface area contributed by atoms with Gasteiger partial charge in [-0.2, -0.15) is 4.98 Å². The zero-order chi connectivity index (χ0) is 20.0. The molecule has 5 aromatic rings. The van der Waals surface area contributed by atoms with E-state index in [4.69, 9.17) is 4.52 Å². The molecule has 0 aliphatic heterocycles. The van der Waals surface area contributed by atoms with E-state index in [9.17, 15) is 4.79 Å². The Balaban J connectivity index is 1.55. The molecule has 1 aromatic carbocycles. The van der Waals surface area contributed by atoms with E-state index < -0.39 is 0 Å². The van der Waals surface area contributed by atoms with Gasteiger partial charge in [0.15, 0.2) is 0 Å². The van der Waals surface area contributed by atoms with Crippen LogP contribution in [0.5, 0.6) is 0 Å². The van der Waals surface area contributed by atoms with Crippen LogP contribution in [0.3, 0.4) is 0 Å². The van der Waals surface area contributed by atoms with Crippen molar-refractivity contribution in [3.8, 4) is 21.8 Å². The fourth-order valence-corrected chi connectivity index (χ4v) is 4.73. The third-order valence-corrected chi connectivity index (χ3v) is 6.65. The zero-order valence-corrected chi connectivity index (χ0v) is 17.4. The van der Waals surface area contributed by atoms with Crippen molar-refractivity contribution in [1.29, 1.82) is 0 Å². The monoisotopic (exact) mass is 420 g/mol. The van der Waals surface area contributed by atoms with Gasteiger partial charge in [-0.1, -0.05) is 29.4 Å². The summed E-state index contributed by atoms with van der Waals surface area (Å²) in [6.45, 7) is 4.33. The third kappa shape index (κ3) is 3.20. The number of rotatable bonds is 4. The Hall–Kier alpha value is -3.10. The van der Waals surface area contributed by atoms with Crippen LogP contribution < -0.4 is 5.56 Å². The van der Waals surface area contributed by atoms with Crippen LogP contribution in [-0.2, 0) is 6.54 Å². The normalized spacial score (nSPS) is 11.4. The molecule has 0 aliphatic rings. The molecule has 6 nitrogen and oxygen atoms in total. The molecule has 4 heterocycles. The van der Waals surface area contributed by atoms with Gasteiger partial charge in [-0.25, -0.2) is 4.98 Å². The number of benzene rings is 1. The number of aromatic nitrogens is 4. The van der Waals surface area contributed by atoms with Crippen LogP contribution in [0, 0.1) is 13.8 Å². The number of aryl methyl sites for hydroxylation is 2. The van der Waals surface area contributed by atoms with Crippen LogP contribution >= 0.6 is 22.7 Å². The smallest absolute Gasteiger partial charge is 0.263 e.